The summed E-state index contributed by atoms with van der Waals surface area (Å²) in [5, 5.41) is 82.4. The van der Waals surface area contributed by atoms with Crippen LogP contribution in [0.4, 0.5) is 0 Å². The summed E-state index contributed by atoms with van der Waals surface area (Å²) in [5.41, 5.74) is 0.352. The number of ether oxygens (including phenoxy) is 6. The van der Waals surface area contributed by atoms with Gasteiger partial charge in [-0.2, -0.15) is 0 Å². The van der Waals surface area contributed by atoms with E-state index < -0.39 is 85.7 Å². The molecule has 0 bridgehead atoms. The zero-order valence-electron chi connectivity index (χ0n) is 23.1. The lowest BCUT2D eigenvalue weighted by atomic mass is 9.95. The van der Waals surface area contributed by atoms with E-state index in [9.17, 15) is 45.6 Å². The zero-order valence-corrected chi connectivity index (χ0v) is 23.1. The van der Waals surface area contributed by atoms with Crippen molar-refractivity contribution < 1.29 is 74.1 Å². The Bertz CT molecular complexity index is 1320. The second-order valence-electron chi connectivity index (χ2n) is 10.6. The summed E-state index contributed by atoms with van der Waals surface area (Å²) in [7, 11) is 1.39. The Morgan fingerprint density at radius 2 is 1.63 bits per heavy atom. The number of hydrogen-bond donors (Lipinski definition) is 8. The lowest BCUT2D eigenvalue weighted by molar-refractivity contribution is -0.354. The molecule has 0 radical (unpaired) electrons. The number of rotatable bonds is 7. The average Bonchev–Trinajstić information content (AvgIpc) is 2.97. The first-order valence-corrected chi connectivity index (χ1v) is 13.5. The summed E-state index contributed by atoms with van der Waals surface area (Å²) < 4.78 is 33.7. The highest BCUT2D eigenvalue weighted by atomic mass is 16.8. The molecule has 3 aliphatic rings. The molecule has 0 aliphatic carbocycles. The molecule has 8 N–H and O–H groups in total. The average molecular weight is 611 g/mol. The molecule has 15 heteroatoms. The minimum absolute atomic E-state index is 0.0592. The molecule has 0 spiro atoms. The van der Waals surface area contributed by atoms with Gasteiger partial charge < -0.3 is 69.3 Å². The molecule has 2 aromatic carbocycles. The molecule has 0 saturated carbocycles. The van der Waals surface area contributed by atoms with Gasteiger partial charge in [-0.3, -0.25) is 4.79 Å². The highest BCUT2D eigenvalue weighted by Gasteiger charge is 2.51. The van der Waals surface area contributed by atoms with Gasteiger partial charge in [0.2, 0.25) is 6.29 Å². The number of fused-ring (bicyclic) bond motifs is 1. The Morgan fingerprint density at radius 3 is 2.30 bits per heavy atom. The highest BCUT2D eigenvalue weighted by molar-refractivity contribution is 6.02. The van der Waals surface area contributed by atoms with Crippen LogP contribution in [0.2, 0.25) is 0 Å². The van der Waals surface area contributed by atoms with Crippen LogP contribution in [0.5, 0.6) is 28.7 Å². The smallest absolute Gasteiger partial charge is 0.229 e. The fourth-order valence-corrected chi connectivity index (χ4v) is 5.29. The van der Waals surface area contributed by atoms with Crippen molar-refractivity contribution in [3.63, 3.8) is 0 Å². The number of methoxy groups -OCH3 is 1. The van der Waals surface area contributed by atoms with E-state index in [1.54, 1.807) is 6.07 Å². The van der Waals surface area contributed by atoms with Crippen molar-refractivity contribution in [2.45, 2.75) is 80.9 Å². The first-order chi connectivity index (χ1) is 20.4. The van der Waals surface area contributed by atoms with E-state index in [2.05, 4.69) is 0 Å². The van der Waals surface area contributed by atoms with Gasteiger partial charge in [-0.1, -0.05) is 6.07 Å². The highest BCUT2D eigenvalue weighted by Crippen LogP contribution is 2.43. The lowest BCUT2D eigenvalue weighted by Gasteiger charge is -2.45. The van der Waals surface area contributed by atoms with Crippen LogP contribution >= 0.6 is 0 Å². The van der Waals surface area contributed by atoms with E-state index in [-0.39, 0.29) is 35.0 Å². The number of Topliss-reactive ketones (excluding diaryl/α,β-unsaturated/α-hetero) is 1. The van der Waals surface area contributed by atoms with Crippen molar-refractivity contribution in [1.82, 2.24) is 0 Å². The summed E-state index contributed by atoms with van der Waals surface area (Å²) in [6.07, 6.45) is -16.3. The predicted octanol–water partition coefficient (Wildman–Crippen LogP) is -1.16. The van der Waals surface area contributed by atoms with Crippen LogP contribution in [0.25, 0.3) is 0 Å². The van der Waals surface area contributed by atoms with E-state index in [0.717, 1.165) is 6.07 Å². The van der Waals surface area contributed by atoms with Crippen molar-refractivity contribution in [3.8, 4) is 28.7 Å². The van der Waals surface area contributed by atoms with Gasteiger partial charge in [0.05, 0.1) is 26.2 Å². The normalized spacial score (nSPS) is 36.0. The van der Waals surface area contributed by atoms with E-state index in [4.69, 9.17) is 28.4 Å². The Morgan fingerprint density at radius 1 is 0.884 bits per heavy atom. The maximum Gasteiger partial charge on any atom is 0.229 e. The van der Waals surface area contributed by atoms with Crippen molar-refractivity contribution in [3.05, 3.63) is 41.5 Å². The molecule has 15 nitrogen and oxygen atoms in total. The quantitative estimate of drug-likeness (QED) is 0.185. The van der Waals surface area contributed by atoms with Gasteiger partial charge in [0.1, 0.15) is 65.5 Å². The van der Waals surface area contributed by atoms with Crippen molar-refractivity contribution in [2.75, 3.05) is 13.7 Å². The van der Waals surface area contributed by atoms with Gasteiger partial charge in [-0.15, -0.1) is 0 Å². The molecular formula is C28H34O15. The predicted molar refractivity (Wildman–Crippen MR) is 141 cm³/mol. The third kappa shape index (κ3) is 5.95. The fraction of sp³-hybridized carbons (Fsp3) is 0.536. The fourth-order valence-electron chi connectivity index (χ4n) is 5.29. The second kappa shape index (κ2) is 12.4. The second-order valence-corrected chi connectivity index (χ2v) is 10.6. The van der Waals surface area contributed by atoms with E-state index in [1.165, 1.54) is 32.2 Å². The van der Waals surface area contributed by atoms with Gasteiger partial charge in [0, 0.05) is 12.1 Å². The zero-order chi connectivity index (χ0) is 31.2. The van der Waals surface area contributed by atoms with Crippen LogP contribution in [0.3, 0.4) is 0 Å². The molecule has 236 valence electrons. The van der Waals surface area contributed by atoms with Crippen LogP contribution < -0.4 is 14.2 Å². The number of carbonyl (C=O) groups excluding carboxylic acids is 1. The summed E-state index contributed by atoms with van der Waals surface area (Å²) in [5.74, 6) is -1.06. The number of phenolic OH excluding ortho intramolecular Hbond substituents is 2. The van der Waals surface area contributed by atoms with Gasteiger partial charge in [-0.25, -0.2) is 0 Å². The third-order valence-corrected chi connectivity index (χ3v) is 7.72. The number of benzene rings is 2. The molecule has 5 rings (SSSR count). The molecule has 3 aliphatic heterocycles. The summed E-state index contributed by atoms with van der Waals surface area (Å²) in [6, 6.07) is 6.89. The molecule has 11 atom stereocenters. The van der Waals surface area contributed by atoms with Crippen molar-refractivity contribution in [1.29, 1.82) is 0 Å². The SMILES string of the molecule is COc1ccc([C@@H]2CC(=O)c3c(O)cc(O[C@@H]4O[C@H](CO)[C@@H](O)[C@H](O)[C@H]4O[C@H]4O[C@@H](C)[C@H](O)[C@@H](O)[C@H]4O)cc3O2)cc1O. The molecule has 2 aromatic rings. The molecule has 43 heavy (non-hydrogen) atoms. The van der Waals surface area contributed by atoms with Crippen LogP contribution in [0.1, 0.15) is 35.4 Å². The van der Waals surface area contributed by atoms with Gasteiger partial charge in [0.25, 0.3) is 0 Å². The van der Waals surface area contributed by atoms with Crippen molar-refractivity contribution >= 4 is 5.78 Å². The van der Waals surface area contributed by atoms with Gasteiger partial charge >= 0.3 is 0 Å². The van der Waals surface area contributed by atoms with E-state index in [1.807, 2.05) is 0 Å². The summed E-state index contributed by atoms with van der Waals surface area (Å²) in [4.78, 5) is 13.0. The molecule has 3 heterocycles. The first kappa shape index (κ1) is 31.2. The lowest BCUT2D eigenvalue weighted by Crippen LogP contribution is -2.64. The number of aliphatic hydroxyl groups excluding tert-OH is 6. The maximum absolute atomic E-state index is 13.0. The Labute approximate surface area is 245 Å². The molecule has 0 amide bonds. The third-order valence-electron chi connectivity index (χ3n) is 7.72. The Hall–Kier alpha value is -3.25. The van der Waals surface area contributed by atoms with Crippen LogP contribution in [0, 0.1) is 0 Å². The molecule has 0 aromatic heterocycles. The first-order valence-electron chi connectivity index (χ1n) is 13.5. The number of carbonyl (C=O) groups is 1. The molecule has 2 saturated heterocycles. The largest absolute Gasteiger partial charge is 0.507 e. The molecule has 0 unspecified atom stereocenters. The van der Waals surface area contributed by atoms with Crippen LogP contribution in [-0.4, -0.2) is 122 Å². The molecule has 2 fully saturated rings. The topological polar surface area (TPSA) is 234 Å². The number of hydrogen-bond acceptors (Lipinski definition) is 15. The number of phenols is 2. The monoisotopic (exact) mass is 610 g/mol. The van der Waals surface area contributed by atoms with E-state index >= 15 is 0 Å². The minimum Gasteiger partial charge on any atom is -0.507 e. The van der Waals surface area contributed by atoms with Gasteiger partial charge in [0.15, 0.2) is 29.7 Å². The maximum atomic E-state index is 13.0. The van der Waals surface area contributed by atoms with Crippen LogP contribution in [-0.2, 0) is 14.2 Å². The number of aliphatic hydroxyl groups is 6. The molecular weight excluding hydrogens is 576 g/mol. The standard InChI is InChI=1S/C28H34O15/c1-10-21(33)23(35)25(37)27(39-10)43-26-24(36)22(34)19(9-29)42-28(26)40-12-6-14(31)20-15(32)8-17(41-18(20)7-12)11-3-4-16(38-2)13(30)5-11/h3-7,10,17,19,21-31,33-37H,8-9H2,1-2H3/t10-,17-,19+,21-,22+,23+,24-,25+,26+,27+,28+/m0/s1. The van der Waals surface area contributed by atoms with Crippen molar-refractivity contribution in [2.24, 2.45) is 0 Å². The van der Waals surface area contributed by atoms with E-state index in [0.29, 0.717) is 5.56 Å². The Balaban J connectivity index is 1.41. The summed E-state index contributed by atoms with van der Waals surface area (Å²) in [6.45, 7) is 0.699. The number of ketones is 1. The Kier molecular flexibility index (Phi) is 8.99. The van der Waals surface area contributed by atoms with Crippen LogP contribution in [0.15, 0.2) is 30.3 Å². The number of aromatic hydroxyl groups is 2. The minimum atomic E-state index is -1.76. The summed E-state index contributed by atoms with van der Waals surface area (Å²) >= 11 is 0. The van der Waals surface area contributed by atoms with Gasteiger partial charge in [-0.05, 0) is 24.6 Å².